The molecule has 1 aliphatic rings. The lowest BCUT2D eigenvalue weighted by Crippen LogP contribution is -2.53. The molecule has 0 bridgehead atoms. The van der Waals surface area contributed by atoms with Crippen LogP contribution in [0.25, 0.3) is 0 Å². The van der Waals surface area contributed by atoms with E-state index in [4.69, 9.17) is 4.74 Å². The van der Waals surface area contributed by atoms with E-state index in [0.717, 1.165) is 19.4 Å². The average molecular weight is 286 g/mol. The van der Waals surface area contributed by atoms with Gasteiger partial charge in [0.1, 0.15) is 6.04 Å². The molecule has 0 aromatic carbocycles. The zero-order valence-electron chi connectivity index (χ0n) is 12.8. The summed E-state index contributed by atoms with van der Waals surface area (Å²) in [5.41, 5.74) is -0.531. The standard InChI is InChI=1S/C14H26N2O4/c1-14(2,3)11(12(17)18)15-13(19)16(4)8-10-6-5-7-20-9-10/h10-11H,5-9H2,1-4H3,(H,15,19)(H,17,18)/t10?,11-/m0/s1. The van der Waals surface area contributed by atoms with Gasteiger partial charge in [-0.25, -0.2) is 9.59 Å². The van der Waals surface area contributed by atoms with Crippen LogP contribution in [-0.4, -0.2) is 54.9 Å². The molecular weight excluding hydrogens is 260 g/mol. The Morgan fingerprint density at radius 2 is 2.10 bits per heavy atom. The zero-order valence-corrected chi connectivity index (χ0v) is 12.8. The molecule has 6 heteroatoms. The Morgan fingerprint density at radius 3 is 2.55 bits per heavy atom. The molecule has 1 rings (SSSR count). The Balaban J connectivity index is 2.53. The highest BCUT2D eigenvalue weighted by Crippen LogP contribution is 2.20. The van der Waals surface area contributed by atoms with Crippen molar-refractivity contribution in [3.8, 4) is 0 Å². The van der Waals surface area contributed by atoms with Crippen molar-refractivity contribution in [2.45, 2.75) is 39.7 Å². The molecule has 1 fully saturated rings. The molecular formula is C14H26N2O4. The van der Waals surface area contributed by atoms with E-state index in [1.807, 2.05) is 0 Å². The number of amides is 2. The molecule has 20 heavy (non-hydrogen) atoms. The second-order valence-corrected chi connectivity index (χ2v) is 6.55. The molecule has 2 atom stereocenters. The van der Waals surface area contributed by atoms with E-state index >= 15 is 0 Å². The first-order valence-electron chi connectivity index (χ1n) is 7.04. The van der Waals surface area contributed by atoms with Crippen LogP contribution in [-0.2, 0) is 9.53 Å². The number of hydrogen-bond donors (Lipinski definition) is 2. The Morgan fingerprint density at radius 1 is 1.45 bits per heavy atom. The van der Waals surface area contributed by atoms with E-state index in [0.29, 0.717) is 19.1 Å². The number of aliphatic carboxylic acids is 1. The Bertz CT molecular complexity index is 346. The highest BCUT2D eigenvalue weighted by molar-refractivity contribution is 5.83. The van der Waals surface area contributed by atoms with Gasteiger partial charge in [0, 0.05) is 26.1 Å². The van der Waals surface area contributed by atoms with Crippen molar-refractivity contribution in [2.24, 2.45) is 11.3 Å². The van der Waals surface area contributed by atoms with E-state index < -0.39 is 17.4 Å². The van der Waals surface area contributed by atoms with Crippen molar-refractivity contribution in [1.82, 2.24) is 10.2 Å². The van der Waals surface area contributed by atoms with Gasteiger partial charge in [-0.1, -0.05) is 20.8 Å². The summed E-state index contributed by atoms with van der Waals surface area (Å²) in [5, 5.41) is 11.8. The average Bonchev–Trinajstić information content (AvgIpc) is 2.34. The first-order valence-corrected chi connectivity index (χ1v) is 7.04. The first kappa shape index (κ1) is 16.8. The van der Waals surface area contributed by atoms with Crippen molar-refractivity contribution in [3.63, 3.8) is 0 Å². The number of carbonyl (C=O) groups excluding carboxylic acids is 1. The minimum Gasteiger partial charge on any atom is -0.480 e. The van der Waals surface area contributed by atoms with E-state index in [1.165, 1.54) is 0 Å². The number of rotatable bonds is 4. The van der Waals surface area contributed by atoms with Gasteiger partial charge in [-0.3, -0.25) is 0 Å². The summed E-state index contributed by atoms with van der Waals surface area (Å²) in [6.07, 6.45) is 2.05. The minimum absolute atomic E-state index is 0.331. The fourth-order valence-electron chi connectivity index (χ4n) is 2.30. The summed E-state index contributed by atoms with van der Waals surface area (Å²) < 4.78 is 5.38. The number of nitrogens with one attached hydrogen (secondary N) is 1. The van der Waals surface area contributed by atoms with Crippen molar-refractivity contribution in [3.05, 3.63) is 0 Å². The van der Waals surface area contributed by atoms with E-state index in [-0.39, 0.29) is 6.03 Å². The number of nitrogens with zero attached hydrogens (tertiary/aromatic N) is 1. The fourth-order valence-corrected chi connectivity index (χ4v) is 2.30. The van der Waals surface area contributed by atoms with Gasteiger partial charge < -0.3 is 20.1 Å². The maximum Gasteiger partial charge on any atom is 0.326 e. The molecule has 1 heterocycles. The number of hydrogen-bond acceptors (Lipinski definition) is 3. The number of carbonyl (C=O) groups is 2. The molecule has 1 aliphatic heterocycles. The fraction of sp³-hybridized carbons (Fsp3) is 0.857. The first-order chi connectivity index (χ1) is 9.21. The van der Waals surface area contributed by atoms with E-state index in [1.54, 1.807) is 32.7 Å². The maximum absolute atomic E-state index is 12.1. The molecule has 2 amide bonds. The third-order valence-electron chi connectivity index (χ3n) is 3.51. The molecule has 0 aromatic heterocycles. The van der Waals surface area contributed by atoms with Gasteiger partial charge in [0.2, 0.25) is 0 Å². The van der Waals surface area contributed by atoms with E-state index in [9.17, 15) is 14.7 Å². The van der Waals surface area contributed by atoms with E-state index in [2.05, 4.69) is 5.32 Å². The van der Waals surface area contributed by atoms with Gasteiger partial charge in [-0.05, 0) is 18.3 Å². The molecule has 1 unspecified atom stereocenters. The van der Waals surface area contributed by atoms with Gasteiger partial charge >= 0.3 is 12.0 Å². The van der Waals surface area contributed by atoms with Gasteiger partial charge in [-0.15, -0.1) is 0 Å². The molecule has 0 spiro atoms. The third kappa shape index (κ3) is 5.00. The van der Waals surface area contributed by atoms with Crippen LogP contribution in [0.4, 0.5) is 4.79 Å². The molecule has 116 valence electrons. The lowest BCUT2D eigenvalue weighted by molar-refractivity contribution is -0.142. The van der Waals surface area contributed by atoms with Gasteiger partial charge in [0.25, 0.3) is 0 Å². The summed E-state index contributed by atoms with van der Waals surface area (Å²) in [6, 6.07) is -1.25. The summed E-state index contributed by atoms with van der Waals surface area (Å²) in [4.78, 5) is 24.9. The van der Waals surface area contributed by atoms with Crippen LogP contribution in [0, 0.1) is 11.3 Å². The molecule has 1 saturated heterocycles. The smallest absolute Gasteiger partial charge is 0.326 e. The molecule has 0 aromatic rings. The summed E-state index contributed by atoms with van der Waals surface area (Å²) >= 11 is 0. The second kappa shape index (κ2) is 6.92. The van der Waals surface area contributed by atoms with Crippen LogP contribution < -0.4 is 5.32 Å². The van der Waals surface area contributed by atoms with Gasteiger partial charge in [-0.2, -0.15) is 0 Å². The highest BCUT2D eigenvalue weighted by atomic mass is 16.5. The molecule has 6 nitrogen and oxygen atoms in total. The van der Waals surface area contributed by atoms with Crippen molar-refractivity contribution < 1.29 is 19.4 Å². The highest BCUT2D eigenvalue weighted by Gasteiger charge is 2.33. The van der Waals surface area contributed by atoms with Crippen LogP contribution in [0.5, 0.6) is 0 Å². The summed E-state index contributed by atoms with van der Waals surface area (Å²) in [6.45, 7) is 7.42. The van der Waals surface area contributed by atoms with Gasteiger partial charge in [0.15, 0.2) is 0 Å². The van der Waals surface area contributed by atoms with Crippen molar-refractivity contribution in [1.29, 1.82) is 0 Å². The lowest BCUT2D eigenvalue weighted by Gasteiger charge is -2.31. The summed E-state index contributed by atoms with van der Waals surface area (Å²) in [7, 11) is 1.69. The van der Waals surface area contributed by atoms with Crippen LogP contribution in [0.1, 0.15) is 33.6 Å². The Labute approximate surface area is 120 Å². The predicted octanol–water partition coefficient (Wildman–Crippen LogP) is 1.55. The topological polar surface area (TPSA) is 78.9 Å². The SMILES string of the molecule is CN(CC1CCCOC1)C(=O)N[C@@H](C(=O)O)C(C)(C)C. The lowest BCUT2D eigenvalue weighted by atomic mass is 9.87. The summed E-state index contributed by atoms with van der Waals surface area (Å²) in [5.74, 6) is -0.683. The third-order valence-corrected chi connectivity index (χ3v) is 3.51. The molecule has 0 radical (unpaired) electrons. The monoisotopic (exact) mass is 286 g/mol. The van der Waals surface area contributed by atoms with Gasteiger partial charge in [0.05, 0.1) is 6.61 Å². The molecule has 0 saturated carbocycles. The Kier molecular flexibility index (Phi) is 5.80. The van der Waals surface area contributed by atoms with Crippen molar-refractivity contribution >= 4 is 12.0 Å². The minimum atomic E-state index is -1.01. The Hall–Kier alpha value is -1.30. The normalized spacial score (nSPS) is 21.1. The number of ether oxygens (including phenoxy) is 1. The van der Waals surface area contributed by atoms with Crippen molar-refractivity contribution in [2.75, 3.05) is 26.8 Å². The van der Waals surface area contributed by atoms with Crippen LogP contribution in [0.3, 0.4) is 0 Å². The number of urea groups is 1. The quantitative estimate of drug-likeness (QED) is 0.822. The maximum atomic E-state index is 12.1. The molecule has 0 aliphatic carbocycles. The second-order valence-electron chi connectivity index (χ2n) is 6.55. The number of carboxylic acids is 1. The zero-order chi connectivity index (χ0) is 15.3. The van der Waals surface area contributed by atoms with Crippen LogP contribution >= 0.6 is 0 Å². The predicted molar refractivity (Wildman–Crippen MR) is 75.6 cm³/mol. The van der Waals surface area contributed by atoms with Crippen LogP contribution in [0.15, 0.2) is 0 Å². The van der Waals surface area contributed by atoms with Crippen LogP contribution in [0.2, 0.25) is 0 Å². The number of carboxylic acid groups (broad SMARTS) is 1. The largest absolute Gasteiger partial charge is 0.480 e. The molecule has 2 N–H and O–H groups in total.